The molecule has 1 aliphatic carbocycles. The van der Waals surface area contributed by atoms with Crippen LogP contribution in [0.25, 0.3) is 0 Å². The van der Waals surface area contributed by atoms with Crippen molar-refractivity contribution in [3.63, 3.8) is 0 Å². The van der Waals surface area contributed by atoms with Gasteiger partial charge in [-0.3, -0.25) is 9.59 Å². The minimum Gasteiger partial charge on any atom is -0.480 e. The highest BCUT2D eigenvalue weighted by atomic mass is 16.4. The minimum atomic E-state index is -1.69. The van der Waals surface area contributed by atoms with Crippen LogP contribution in [-0.4, -0.2) is 34.7 Å². The lowest BCUT2D eigenvalue weighted by Crippen LogP contribution is -2.59. The van der Waals surface area contributed by atoms with Crippen molar-refractivity contribution in [1.29, 1.82) is 0 Å². The molecule has 0 spiro atoms. The summed E-state index contributed by atoms with van der Waals surface area (Å²) in [4.78, 5) is 22.3. The van der Waals surface area contributed by atoms with Gasteiger partial charge in [0.2, 0.25) is 0 Å². The van der Waals surface area contributed by atoms with E-state index in [0.717, 1.165) is 0 Å². The predicted octanol–water partition coefficient (Wildman–Crippen LogP) is -0.136. The average Bonchev–Trinajstić information content (AvgIpc) is 2.14. The van der Waals surface area contributed by atoms with Crippen molar-refractivity contribution in [3.8, 4) is 0 Å². The smallest absolute Gasteiger partial charge is 0.321 e. The molecule has 3 atom stereocenters. The maximum atomic E-state index is 11.2. The van der Waals surface area contributed by atoms with E-state index in [-0.39, 0.29) is 12.3 Å². The van der Waals surface area contributed by atoms with Crippen molar-refractivity contribution in [2.75, 3.05) is 6.54 Å². The molecule has 1 rings (SSSR count). The molecule has 0 aromatic rings. The summed E-state index contributed by atoms with van der Waals surface area (Å²) in [5.74, 6) is -2.88. The second kappa shape index (κ2) is 5.01. The van der Waals surface area contributed by atoms with Crippen LogP contribution in [0.15, 0.2) is 0 Å². The fourth-order valence-corrected chi connectivity index (χ4v) is 2.53. The van der Waals surface area contributed by atoms with Gasteiger partial charge in [-0.1, -0.05) is 6.92 Å². The summed E-state index contributed by atoms with van der Waals surface area (Å²) in [7, 11) is 0. The van der Waals surface area contributed by atoms with Gasteiger partial charge in [-0.15, -0.1) is 0 Å². The first-order chi connectivity index (χ1) is 7.86. The van der Waals surface area contributed by atoms with Crippen molar-refractivity contribution in [2.45, 2.75) is 32.2 Å². The van der Waals surface area contributed by atoms with Crippen molar-refractivity contribution in [3.05, 3.63) is 0 Å². The SMILES string of the molecule is CC(CN)C[C@@H](N)C1CCC1(C(=O)O)C(=O)O. The summed E-state index contributed by atoms with van der Waals surface area (Å²) < 4.78 is 0. The van der Waals surface area contributed by atoms with Crippen LogP contribution in [0, 0.1) is 17.3 Å². The Kier molecular flexibility index (Phi) is 4.11. The zero-order valence-corrected chi connectivity index (χ0v) is 9.93. The first kappa shape index (κ1) is 13.9. The summed E-state index contributed by atoms with van der Waals surface area (Å²) in [6.07, 6.45) is 1.27. The molecule has 0 aliphatic heterocycles. The highest BCUT2D eigenvalue weighted by Gasteiger charge is 2.60. The third-order valence-corrected chi connectivity index (χ3v) is 3.84. The van der Waals surface area contributed by atoms with Crippen LogP contribution in [-0.2, 0) is 9.59 Å². The van der Waals surface area contributed by atoms with Crippen molar-refractivity contribution < 1.29 is 19.8 Å². The number of rotatable bonds is 6. The molecule has 0 aromatic carbocycles. The third kappa shape index (κ3) is 2.28. The molecule has 1 saturated carbocycles. The Morgan fingerprint density at radius 2 is 1.94 bits per heavy atom. The molecular weight excluding hydrogens is 224 g/mol. The van der Waals surface area contributed by atoms with Gasteiger partial charge in [0.05, 0.1) is 0 Å². The molecule has 0 heterocycles. The number of hydrogen-bond acceptors (Lipinski definition) is 4. The minimum absolute atomic E-state index is 0.160. The highest BCUT2D eigenvalue weighted by molar-refractivity contribution is 5.99. The van der Waals surface area contributed by atoms with E-state index >= 15 is 0 Å². The van der Waals surface area contributed by atoms with Gasteiger partial charge in [0.25, 0.3) is 0 Å². The van der Waals surface area contributed by atoms with Gasteiger partial charge in [-0.05, 0) is 31.7 Å². The summed E-state index contributed by atoms with van der Waals surface area (Å²) in [5, 5.41) is 18.2. The van der Waals surface area contributed by atoms with Gasteiger partial charge in [0, 0.05) is 12.0 Å². The second-order valence-electron chi connectivity index (χ2n) is 4.97. The van der Waals surface area contributed by atoms with Gasteiger partial charge in [-0.25, -0.2) is 0 Å². The summed E-state index contributed by atoms with van der Waals surface area (Å²) in [6, 6.07) is -0.422. The molecule has 0 aromatic heterocycles. The van der Waals surface area contributed by atoms with E-state index in [4.69, 9.17) is 21.7 Å². The molecule has 98 valence electrons. The maximum absolute atomic E-state index is 11.2. The highest BCUT2D eigenvalue weighted by Crippen LogP contribution is 2.49. The van der Waals surface area contributed by atoms with Gasteiger partial charge in [0.15, 0.2) is 5.41 Å². The van der Waals surface area contributed by atoms with Crippen LogP contribution in [0.2, 0.25) is 0 Å². The van der Waals surface area contributed by atoms with Crippen LogP contribution in [0.1, 0.15) is 26.2 Å². The molecule has 6 heteroatoms. The first-order valence-corrected chi connectivity index (χ1v) is 5.78. The van der Waals surface area contributed by atoms with E-state index in [1.165, 1.54) is 0 Å². The molecule has 0 saturated heterocycles. The molecule has 6 nitrogen and oxygen atoms in total. The number of carboxylic acids is 2. The maximum Gasteiger partial charge on any atom is 0.321 e. The van der Waals surface area contributed by atoms with E-state index in [2.05, 4.69) is 0 Å². The number of hydrogen-bond donors (Lipinski definition) is 4. The lowest BCUT2D eigenvalue weighted by Gasteiger charge is -2.46. The molecule has 0 radical (unpaired) electrons. The van der Waals surface area contributed by atoms with Gasteiger partial charge in [-0.2, -0.15) is 0 Å². The first-order valence-electron chi connectivity index (χ1n) is 5.78. The Hall–Kier alpha value is -1.14. The van der Waals surface area contributed by atoms with Crippen LogP contribution in [0.3, 0.4) is 0 Å². The molecule has 17 heavy (non-hydrogen) atoms. The van der Waals surface area contributed by atoms with Gasteiger partial charge < -0.3 is 21.7 Å². The molecule has 0 amide bonds. The number of carbonyl (C=O) groups is 2. The predicted molar refractivity (Wildman–Crippen MR) is 61.2 cm³/mol. The van der Waals surface area contributed by atoms with Gasteiger partial charge >= 0.3 is 11.9 Å². The lowest BCUT2D eigenvalue weighted by atomic mass is 9.56. The fourth-order valence-electron chi connectivity index (χ4n) is 2.53. The average molecular weight is 244 g/mol. The summed E-state index contributed by atoms with van der Waals surface area (Å²) in [5.41, 5.74) is 9.72. The fraction of sp³-hybridized carbons (Fsp3) is 0.818. The number of aliphatic carboxylic acids is 2. The van der Waals surface area contributed by atoms with E-state index in [1.807, 2.05) is 6.92 Å². The monoisotopic (exact) mass is 244 g/mol. The topological polar surface area (TPSA) is 127 Å². The van der Waals surface area contributed by atoms with Gasteiger partial charge in [0.1, 0.15) is 0 Å². The standard InChI is InChI=1S/C11H20N2O4/c1-6(5-12)4-8(13)7-2-3-11(7,9(14)15)10(16)17/h6-8H,2-5,12-13H2,1H3,(H,14,15)(H,16,17)/t6?,7?,8-/m1/s1. The zero-order chi connectivity index (χ0) is 13.2. The molecular formula is C11H20N2O4. The van der Waals surface area contributed by atoms with Crippen LogP contribution >= 0.6 is 0 Å². The Morgan fingerprint density at radius 3 is 2.24 bits per heavy atom. The Bertz CT molecular complexity index is 305. The zero-order valence-electron chi connectivity index (χ0n) is 9.93. The molecule has 1 fully saturated rings. The molecule has 6 N–H and O–H groups in total. The third-order valence-electron chi connectivity index (χ3n) is 3.84. The Balaban J connectivity index is 2.78. The van der Waals surface area contributed by atoms with E-state index in [1.54, 1.807) is 0 Å². The Morgan fingerprint density at radius 1 is 1.41 bits per heavy atom. The van der Waals surface area contributed by atoms with Crippen LogP contribution < -0.4 is 11.5 Å². The van der Waals surface area contributed by atoms with E-state index < -0.39 is 29.3 Å². The molecule has 2 unspecified atom stereocenters. The normalized spacial score (nSPS) is 25.7. The number of nitrogens with two attached hydrogens (primary N) is 2. The van der Waals surface area contributed by atoms with Crippen molar-refractivity contribution >= 4 is 11.9 Å². The Labute approximate surface area is 100.0 Å². The molecule has 0 bridgehead atoms. The van der Waals surface area contributed by atoms with Crippen LogP contribution in [0.4, 0.5) is 0 Å². The summed E-state index contributed by atoms with van der Waals surface area (Å²) in [6.45, 7) is 2.38. The molecule has 1 aliphatic rings. The van der Waals surface area contributed by atoms with Crippen LogP contribution in [0.5, 0.6) is 0 Å². The lowest BCUT2D eigenvalue weighted by molar-refractivity contribution is -0.180. The van der Waals surface area contributed by atoms with Crippen molar-refractivity contribution in [1.82, 2.24) is 0 Å². The van der Waals surface area contributed by atoms with E-state index in [0.29, 0.717) is 19.4 Å². The second-order valence-corrected chi connectivity index (χ2v) is 4.97. The largest absolute Gasteiger partial charge is 0.480 e. The number of carboxylic acid groups (broad SMARTS) is 2. The summed E-state index contributed by atoms with van der Waals surface area (Å²) >= 11 is 0. The van der Waals surface area contributed by atoms with Crippen molar-refractivity contribution in [2.24, 2.45) is 28.7 Å². The van der Waals surface area contributed by atoms with E-state index in [9.17, 15) is 9.59 Å². The quantitative estimate of drug-likeness (QED) is 0.482.